The number of alkyl halides is 1. The Morgan fingerprint density at radius 1 is 1.78 bits per heavy atom. The van der Waals surface area contributed by atoms with Gasteiger partial charge in [-0.25, -0.2) is 4.39 Å². The monoisotopic (exact) mass is 129 g/mol. The first-order valence-corrected chi connectivity index (χ1v) is 3.04. The molecule has 0 saturated carbocycles. The summed E-state index contributed by atoms with van der Waals surface area (Å²) in [4.78, 5) is 0. The van der Waals surface area contributed by atoms with Crippen LogP contribution in [0.15, 0.2) is 0 Å². The summed E-state index contributed by atoms with van der Waals surface area (Å²) < 4.78 is 11.5. The highest BCUT2D eigenvalue weighted by Gasteiger charge is 1.95. The predicted octanol–water partition coefficient (Wildman–Crippen LogP) is 0.957. The third-order valence-corrected chi connectivity index (χ3v) is 1.01. The molecular weight excluding hydrogens is 117 g/mol. The van der Waals surface area contributed by atoms with Gasteiger partial charge in [0.15, 0.2) is 0 Å². The molecule has 1 atom stereocenters. The normalized spacial score (nSPS) is 12.6. The molecule has 0 heterocycles. The molecule has 0 aliphatic carbocycles. The van der Waals surface area contributed by atoms with Gasteiger partial charge in [0.2, 0.25) is 0 Å². The molecule has 1 unspecified atom stereocenters. The highest BCUT2D eigenvalue weighted by atomic mass is 19.1. The van der Waals surface area contributed by atoms with Crippen molar-refractivity contribution in [3.05, 3.63) is 0 Å². The van der Waals surface area contributed by atoms with Crippen LogP contribution in [0.5, 0.6) is 0 Å². The molecule has 0 saturated heterocycles. The molecule has 0 aromatic heterocycles. The van der Waals surface area contributed by atoms with Crippen LogP contribution < -0.4 is 5.32 Å². The molecule has 0 radical (unpaired) electrons. The van der Waals surface area contributed by atoms with Gasteiger partial charge in [-0.2, -0.15) is 0 Å². The molecule has 0 bridgehead atoms. The Balaban J connectivity index is 3.08. The van der Waals surface area contributed by atoms with Crippen LogP contribution in [0.4, 0.5) is 4.39 Å². The molecule has 0 fully saturated rings. The number of nitrogens with one attached hydrogen (secondary N) is 1. The lowest BCUT2D eigenvalue weighted by atomic mass is 10.2. The summed E-state index contributed by atoms with van der Waals surface area (Å²) in [6.07, 6.45) is 5.68. The fourth-order valence-corrected chi connectivity index (χ4v) is 0.550. The predicted molar refractivity (Wildman–Crippen MR) is 36.9 cm³/mol. The maximum atomic E-state index is 11.5. The lowest BCUT2D eigenvalue weighted by molar-refractivity contribution is 0.442. The zero-order chi connectivity index (χ0) is 7.11. The van der Waals surface area contributed by atoms with E-state index in [2.05, 4.69) is 11.2 Å². The molecule has 0 aromatic rings. The highest BCUT2D eigenvalue weighted by Crippen LogP contribution is 1.85. The van der Waals surface area contributed by atoms with Crippen LogP contribution in [0, 0.1) is 12.3 Å². The Labute approximate surface area is 55.6 Å². The standard InChI is InChI=1S/C7H12FN/c1-3-4-7(2)9-6-5-8/h1,7,9H,4-6H2,2H3. The van der Waals surface area contributed by atoms with E-state index in [1.54, 1.807) is 0 Å². The highest BCUT2D eigenvalue weighted by molar-refractivity contribution is 4.87. The van der Waals surface area contributed by atoms with Crippen LogP contribution in [0.3, 0.4) is 0 Å². The van der Waals surface area contributed by atoms with Crippen LogP contribution >= 0.6 is 0 Å². The molecule has 0 rings (SSSR count). The summed E-state index contributed by atoms with van der Waals surface area (Å²) in [5, 5.41) is 2.92. The maximum absolute atomic E-state index is 11.5. The van der Waals surface area contributed by atoms with Crippen molar-refractivity contribution in [2.45, 2.75) is 19.4 Å². The number of terminal acetylenes is 1. The Hall–Kier alpha value is -0.550. The first-order valence-electron chi connectivity index (χ1n) is 3.04. The van der Waals surface area contributed by atoms with Crippen molar-refractivity contribution in [1.82, 2.24) is 5.32 Å². The van der Waals surface area contributed by atoms with E-state index >= 15 is 0 Å². The quantitative estimate of drug-likeness (QED) is 0.557. The van der Waals surface area contributed by atoms with Crippen molar-refractivity contribution >= 4 is 0 Å². The van der Waals surface area contributed by atoms with Crippen LogP contribution in [0.1, 0.15) is 13.3 Å². The van der Waals surface area contributed by atoms with E-state index in [0.29, 0.717) is 13.0 Å². The Bertz CT molecular complexity index is 95.6. The topological polar surface area (TPSA) is 12.0 Å². The fraction of sp³-hybridized carbons (Fsp3) is 0.714. The first-order chi connectivity index (χ1) is 4.31. The molecule has 1 N–H and O–H groups in total. The Morgan fingerprint density at radius 3 is 2.89 bits per heavy atom. The van der Waals surface area contributed by atoms with E-state index in [9.17, 15) is 4.39 Å². The van der Waals surface area contributed by atoms with E-state index in [1.165, 1.54) is 0 Å². The minimum atomic E-state index is -0.324. The zero-order valence-electron chi connectivity index (χ0n) is 5.65. The third-order valence-electron chi connectivity index (χ3n) is 1.01. The Kier molecular flexibility index (Phi) is 5.24. The van der Waals surface area contributed by atoms with Gasteiger partial charge < -0.3 is 5.32 Å². The van der Waals surface area contributed by atoms with Crippen molar-refractivity contribution in [2.24, 2.45) is 0 Å². The van der Waals surface area contributed by atoms with Crippen LogP contribution in [0.25, 0.3) is 0 Å². The van der Waals surface area contributed by atoms with Crippen LogP contribution in [-0.2, 0) is 0 Å². The lowest BCUT2D eigenvalue weighted by Gasteiger charge is -2.06. The lowest BCUT2D eigenvalue weighted by Crippen LogP contribution is -2.27. The number of hydrogen-bond donors (Lipinski definition) is 1. The van der Waals surface area contributed by atoms with E-state index < -0.39 is 0 Å². The minimum absolute atomic E-state index is 0.241. The van der Waals surface area contributed by atoms with Crippen molar-refractivity contribution in [2.75, 3.05) is 13.2 Å². The van der Waals surface area contributed by atoms with Crippen LogP contribution in [-0.4, -0.2) is 19.3 Å². The van der Waals surface area contributed by atoms with Crippen molar-refractivity contribution in [1.29, 1.82) is 0 Å². The summed E-state index contributed by atoms with van der Waals surface area (Å²) in [5.74, 6) is 2.49. The molecule has 1 nitrogen and oxygen atoms in total. The molecule has 0 spiro atoms. The number of rotatable bonds is 4. The first kappa shape index (κ1) is 8.45. The average Bonchev–Trinajstić information content (AvgIpc) is 1.85. The summed E-state index contributed by atoms with van der Waals surface area (Å²) in [5.41, 5.74) is 0. The summed E-state index contributed by atoms with van der Waals surface area (Å²) in [6.45, 7) is 2.02. The molecule has 0 aliphatic rings. The number of halogens is 1. The van der Waals surface area contributed by atoms with Gasteiger partial charge in [0, 0.05) is 19.0 Å². The molecule has 0 aliphatic heterocycles. The molecule has 9 heavy (non-hydrogen) atoms. The minimum Gasteiger partial charge on any atom is -0.311 e. The molecule has 0 amide bonds. The second-order valence-electron chi connectivity index (χ2n) is 1.95. The summed E-state index contributed by atoms with van der Waals surface area (Å²) in [7, 11) is 0. The Morgan fingerprint density at radius 2 is 2.44 bits per heavy atom. The van der Waals surface area contributed by atoms with Gasteiger partial charge in [-0.1, -0.05) is 0 Å². The molecule has 52 valence electrons. The largest absolute Gasteiger partial charge is 0.311 e. The molecular formula is C7H12FN. The smallest absolute Gasteiger partial charge is 0.102 e. The van der Waals surface area contributed by atoms with Crippen LogP contribution in [0.2, 0.25) is 0 Å². The van der Waals surface area contributed by atoms with E-state index in [1.807, 2.05) is 6.92 Å². The SMILES string of the molecule is C#CCC(C)NCCF. The van der Waals surface area contributed by atoms with Gasteiger partial charge in [0.25, 0.3) is 0 Å². The summed E-state index contributed by atoms with van der Waals surface area (Å²) in [6, 6.07) is 0.241. The molecule has 0 aromatic carbocycles. The molecule has 2 heteroatoms. The van der Waals surface area contributed by atoms with Crippen molar-refractivity contribution in [3.63, 3.8) is 0 Å². The maximum Gasteiger partial charge on any atom is 0.102 e. The van der Waals surface area contributed by atoms with Gasteiger partial charge in [-0.05, 0) is 6.92 Å². The third kappa shape index (κ3) is 5.32. The van der Waals surface area contributed by atoms with Crippen molar-refractivity contribution < 1.29 is 4.39 Å². The zero-order valence-corrected chi connectivity index (χ0v) is 5.65. The van der Waals surface area contributed by atoms with Gasteiger partial charge >= 0.3 is 0 Å². The summed E-state index contributed by atoms with van der Waals surface area (Å²) >= 11 is 0. The van der Waals surface area contributed by atoms with Gasteiger partial charge in [0.05, 0.1) is 0 Å². The van der Waals surface area contributed by atoms with E-state index in [-0.39, 0.29) is 12.7 Å². The van der Waals surface area contributed by atoms with Crippen molar-refractivity contribution in [3.8, 4) is 12.3 Å². The second-order valence-corrected chi connectivity index (χ2v) is 1.95. The fourth-order valence-electron chi connectivity index (χ4n) is 0.550. The van der Waals surface area contributed by atoms with E-state index in [0.717, 1.165) is 0 Å². The van der Waals surface area contributed by atoms with Gasteiger partial charge in [0.1, 0.15) is 6.67 Å². The average molecular weight is 129 g/mol. The second kappa shape index (κ2) is 5.58. The van der Waals surface area contributed by atoms with Gasteiger partial charge in [-0.15, -0.1) is 12.3 Å². The van der Waals surface area contributed by atoms with E-state index in [4.69, 9.17) is 6.42 Å². The number of hydrogen-bond acceptors (Lipinski definition) is 1. The van der Waals surface area contributed by atoms with Gasteiger partial charge in [-0.3, -0.25) is 0 Å².